The normalized spacial score (nSPS) is 31.3. The van der Waals surface area contributed by atoms with Crippen LogP contribution in [-0.4, -0.2) is 12.6 Å². The summed E-state index contributed by atoms with van der Waals surface area (Å²) in [5, 5.41) is 3.78. The summed E-state index contributed by atoms with van der Waals surface area (Å²) < 4.78 is 0. The minimum Gasteiger partial charge on any atom is -0.314 e. The predicted octanol–water partition coefficient (Wildman–Crippen LogP) is 4.62. The fourth-order valence-electron chi connectivity index (χ4n) is 3.54. The number of rotatable bonds is 5. The van der Waals surface area contributed by atoms with Gasteiger partial charge >= 0.3 is 0 Å². The molecule has 0 amide bonds. The van der Waals surface area contributed by atoms with Crippen LogP contribution >= 0.6 is 0 Å². The zero-order valence-electron chi connectivity index (χ0n) is 13.0. The van der Waals surface area contributed by atoms with Gasteiger partial charge in [0.25, 0.3) is 0 Å². The number of hydrogen-bond donors (Lipinski definition) is 1. The van der Waals surface area contributed by atoms with Crippen LogP contribution in [0.25, 0.3) is 0 Å². The molecule has 18 heavy (non-hydrogen) atoms. The van der Waals surface area contributed by atoms with Crippen LogP contribution in [-0.2, 0) is 0 Å². The Labute approximate surface area is 114 Å². The summed E-state index contributed by atoms with van der Waals surface area (Å²) in [6.45, 7) is 10.9. The van der Waals surface area contributed by atoms with E-state index >= 15 is 0 Å². The second kappa shape index (κ2) is 5.94. The van der Waals surface area contributed by atoms with E-state index in [2.05, 4.69) is 33.0 Å². The van der Waals surface area contributed by atoms with Crippen LogP contribution in [0.3, 0.4) is 0 Å². The molecule has 1 nitrogen and oxygen atoms in total. The van der Waals surface area contributed by atoms with Gasteiger partial charge in [-0.1, -0.05) is 33.6 Å². The molecule has 2 aliphatic rings. The van der Waals surface area contributed by atoms with Crippen LogP contribution in [0.5, 0.6) is 0 Å². The quantitative estimate of drug-likeness (QED) is 0.752. The first kappa shape index (κ1) is 14.4. The zero-order chi connectivity index (χ0) is 13.2. The van der Waals surface area contributed by atoms with E-state index in [4.69, 9.17) is 0 Å². The van der Waals surface area contributed by atoms with Gasteiger partial charge in [0.05, 0.1) is 0 Å². The highest BCUT2D eigenvalue weighted by Crippen LogP contribution is 2.39. The molecule has 1 atom stereocenters. The lowest BCUT2D eigenvalue weighted by molar-refractivity contribution is 0.147. The highest BCUT2D eigenvalue weighted by Gasteiger charge is 2.30. The Hall–Kier alpha value is -0.0400. The maximum absolute atomic E-state index is 3.78. The van der Waals surface area contributed by atoms with Crippen molar-refractivity contribution >= 4 is 0 Å². The van der Waals surface area contributed by atoms with Gasteiger partial charge in [0, 0.05) is 6.04 Å². The van der Waals surface area contributed by atoms with Crippen molar-refractivity contribution in [2.45, 2.75) is 78.7 Å². The van der Waals surface area contributed by atoms with Gasteiger partial charge in [0.1, 0.15) is 0 Å². The van der Waals surface area contributed by atoms with Gasteiger partial charge in [-0.3, -0.25) is 0 Å². The topological polar surface area (TPSA) is 12.0 Å². The van der Waals surface area contributed by atoms with E-state index in [0.29, 0.717) is 5.41 Å². The summed E-state index contributed by atoms with van der Waals surface area (Å²) in [4.78, 5) is 0. The second-order valence-corrected chi connectivity index (χ2v) is 8.07. The Morgan fingerprint density at radius 3 is 2.00 bits per heavy atom. The van der Waals surface area contributed by atoms with Crippen LogP contribution in [0.15, 0.2) is 0 Å². The van der Waals surface area contributed by atoms with Crippen LogP contribution < -0.4 is 5.32 Å². The summed E-state index contributed by atoms with van der Waals surface area (Å²) in [6, 6.07) is 0.748. The Morgan fingerprint density at radius 1 is 0.944 bits per heavy atom. The molecule has 1 unspecified atom stereocenters. The highest BCUT2D eigenvalue weighted by atomic mass is 14.9. The average Bonchev–Trinajstić information content (AvgIpc) is 3.10. The SMILES string of the molecule is CC(CC1CC1)NCC1CCC(C(C)(C)C)CC1. The molecule has 0 radical (unpaired) electrons. The van der Waals surface area contributed by atoms with Crippen molar-refractivity contribution in [3.63, 3.8) is 0 Å². The lowest BCUT2D eigenvalue weighted by Gasteiger charge is -2.37. The van der Waals surface area contributed by atoms with E-state index < -0.39 is 0 Å². The van der Waals surface area contributed by atoms with E-state index in [1.807, 2.05) is 0 Å². The Kier molecular flexibility index (Phi) is 4.75. The Bertz CT molecular complexity index is 241. The molecule has 0 saturated heterocycles. The summed E-state index contributed by atoms with van der Waals surface area (Å²) in [5.74, 6) is 2.96. The third-order valence-electron chi connectivity index (χ3n) is 5.21. The van der Waals surface area contributed by atoms with Gasteiger partial charge in [-0.25, -0.2) is 0 Å². The predicted molar refractivity (Wildman–Crippen MR) is 79.7 cm³/mol. The lowest BCUT2D eigenvalue weighted by Crippen LogP contribution is -2.34. The summed E-state index contributed by atoms with van der Waals surface area (Å²) in [7, 11) is 0. The second-order valence-electron chi connectivity index (χ2n) is 8.07. The first-order valence-corrected chi connectivity index (χ1v) is 8.18. The standard InChI is InChI=1S/C17H33N/c1-13(11-14-5-6-14)18-12-15-7-9-16(10-8-15)17(2,3)4/h13-16,18H,5-12H2,1-4H3. The first-order valence-electron chi connectivity index (χ1n) is 8.18. The Balaban J connectivity index is 1.61. The molecule has 0 aromatic carbocycles. The van der Waals surface area contributed by atoms with Crippen molar-refractivity contribution in [3.05, 3.63) is 0 Å². The summed E-state index contributed by atoms with van der Waals surface area (Å²) in [6.07, 6.45) is 10.2. The van der Waals surface area contributed by atoms with Crippen LogP contribution in [0.2, 0.25) is 0 Å². The largest absolute Gasteiger partial charge is 0.314 e. The van der Waals surface area contributed by atoms with E-state index in [9.17, 15) is 0 Å². The fourth-order valence-corrected chi connectivity index (χ4v) is 3.54. The molecular formula is C17H33N. The minimum absolute atomic E-state index is 0.525. The third kappa shape index (κ3) is 4.57. The Morgan fingerprint density at radius 2 is 1.50 bits per heavy atom. The van der Waals surface area contributed by atoms with E-state index in [1.54, 1.807) is 0 Å². The van der Waals surface area contributed by atoms with Crippen LogP contribution in [0.4, 0.5) is 0 Å². The van der Waals surface area contributed by atoms with E-state index in [-0.39, 0.29) is 0 Å². The minimum atomic E-state index is 0.525. The number of hydrogen-bond acceptors (Lipinski definition) is 1. The van der Waals surface area contributed by atoms with Gasteiger partial charge in [-0.2, -0.15) is 0 Å². The lowest BCUT2D eigenvalue weighted by atomic mass is 9.70. The van der Waals surface area contributed by atoms with Crippen molar-refractivity contribution in [1.82, 2.24) is 5.32 Å². The zero-order valence-corrected chi connectivity index (χ0v) is 13.0. The summed E-state index contributed by atoms with van der Waals surface area (Å²) >= 11 is 0. The molecule has 0 spiro atoms. The molecule has 0 aromatic rings. The maximum Gasteiger partial charge on any atom is 0.00414 e. The van der Waals surface area contributed by atoms with Crippen LogP contribution in [0, 0.1) is 23.2 Å². The van der Waals surface area contributed by atoms with Crippen molar-refractivity contribution < 1.29 is 0 Å². The molecule has 1 N–H and O–H groups in total. The molecule has 1 heteroatoms. The average molecular weight is 251 g/mol. The van der Waals surface area contributed by atoms with Gasteiger partial charge in [-0.15, -0.1) is 0 Å². The van der Waals surface area contributed by atoms with Crippen molar-refractivity contribution in [1.29, 1.82) is 0 Å². The summed E-state index contributed by atoms with van der Waals surface area (Å²) in [5.41, 5.74) is 0.525. The van der Waals surface area contributed by atoms with Gasteiger partial charge in [0.15, 0.2) is 0 Å². The first-order chi connectivity index (χ1) is 8.45. The molecule has 0 bridgehead atoms. The molecular weight excluding hydrogens is 218 g/mol. The van der Waals surface area contributed by atoms with Gasteiger partial charge < -0.3 is 5.32 Å². The number of nitrogens with one attached hydrogen (secondary N) is 1. The molecule has 106 valence electrons. The molecule has 2 saturated carbocycles. The van der Waals surface area contributed by atoms with Crippen molar-refractivity contribution in [2.75, 3.05) is 6.54 Å². The van der Waals surface area contributed by atoms with Gasteiger partial charge in [-0.05, 0) is 68.7 Å². The smallest absolute Gasteiger partial charge is 0.00414 e. The molecule has 0 aromatic heterocycles. The molecule has 2 fully saturated rings. The molecule has 2 rings (SSSR count). The van der Waals surface area contributed by atoms with E-state index in [1.165, 1.54) is 51.5 Å². The fraction of sp³-hybridized carbons (Fsp3) is 1.00. The van der Waals surface area contributed by atoms with Crippen molar-refractivity contribution in [2.24, 2.45) is 23.2 Å². The molecule has 2 aliphatic carbocycles. The molecule has 0 aliphatic heterocycles. The van der Waals surface area contributed by atoms with Gasteiger partial charge in [0.2, 0.25) is 0 Å². The molecule has 0 heterocycles. The maximum atomic E-state index is 3.78. The van der Waals surface area contributed by atoms with E-state index in [0.717, 1.165) is 23.8 Å². The monoisotopic (exact) mass is 251 g/mol. The highest BCUT2D eigenvalue weighted by molar-refractivity contribution is 4.83. The third-order valence-corrected chi connectivity index (χ3v) is 5.21. The van der Waals surface area contributed by atoms with Crippen LogP contribution in [0.1, 0.15) is 72.6 Å². The van der Waals surface area contributed by atoms with Crippen molar-refractivity contribution in [3.8, 4) is 0 Å².